The van der Waals surface area contributed by atoms with Gasteiger partial charge in [-0.1, -0.05) is 18.2 Å². The average Bonchev–Trinajstić information content (AvgIpc) is 3.23. The molecule has 1 fully saturated rings. The van der Waals surface area contributed by atoms with Crippen LogP contribution in [0.4, 0.5) is 0 Å². The molecule has 2 heterocycles. The third kappa shape index (κ3) is 3.73. The van der Waals surface area contributed by atoms with E-state index in [1.54, 1.807) is 18.3 Å². The molecule has 0 bridgehead atoms. The lowest BCUT2D eigenvalue weighted by molar-refractivity contribution is 0.218. The van der Waals surface area contributed by atoms with Gasteiger partial charge in [0.2, 0.25) is 10.0 Å². The van der Waals surface area contributed by atoms with Crippen LogP contribution in [-0.4, -0.2) is 51.1 Å². The summed E-state index contributed by atoms with van der Waals surface area (Å²) in [7, 11) is -0.804. The van der Waals surface area contributed by atoms with E-state index < -0.39 is 10.0 Å². The zero-order valence-electron chi connectivity index (χ0n) is 16.2. The number of ether oxygens (including phenoxy) is 3. The molecule has 0 amide bonds. The number of rotatable bonds is 6. The van der Waals surface area contributed by atoms with Crippen LogP contribution in [-0.2, 0) is 10.0 Å². The summed E-state index contributed by atoms with van der Waals surface area (Å²) < 4.78 is 44.4. The highest BCUT2D eigenvalue weighted by molar-refractivity contribution is 7.89. The van der Waals surface area contributed by atoms with Crippen molar-refractivity contribution in [2.45, 2.75) is 17.4 Å². The average molecular weight is 414 g/mol. The van der Waals surface area contributed by atoms with Crippen LogP contribution in [0.5, 0.6) is 17.2 Å². The molecular formula is C21H22N2O5S. The molecule has 2 aromatic carbocycles. The predicted molar refractivity (Wildman–Crippen MR) is 109 cm³/mol. The minimum Gasteiger partial charge on any atom is -0.497 e. The van der Waals surface area contributed by atoms with Gasteiger partial charge in [0.05, 0.1) is 20.8 Å². The van der Waals surface area contributed by atoms with Crippen molar-refractivity contribution >= 4 is 20.9 Å². The van der Waals surface area contributed by atoms with Crippen LogP contribution in [0.15, 0.2) is 59.6 Å². The van der Waals surface area contributed by atoms with Crippen LogP contribution >= 0.6 is 0 Å². The van der Waals surface area contributed by atoms with E-state index >= 15 is 0 Å². The van der Waals surface area contributed by atoms with Gasteiger partial charge in [-0.3, -0.25) is 4.98 Å². The number of methoxy groups -OCH3 is 2. The fourth-order valence-corrected chi connectivity index (χ4v) is 5.14. The zero-order valence-corrected chi connectivity index (χ0v) is 17.1. The van der Waals surface area contributed by atoms with Crippen molar-refractivity contribution in [1.29, 1.82) is 0 Å². The van der Waals surface area contributed by atoms with Gasteiger partial charge in [-0.15, -0.1) is 0 Å². The number of pyridine rings is 1. The van der Waals surface area contributed by atoms with Gasteiger partial charge in [-0.2, -0.15) is 4.31 Å². The number of hydrogen-bond donors (Lipinski definition) is 0. The summed E-state index contributed by atoms with van der Waals surface area (Å²) in [6.45, 7) is 0.622. The molecule has 7 nitrogen and oxygen atoms in total. The van der Waals surface area contributed by atoms with Crippen LogP contribution in [0, 0.1) is 0 Å². The van der Waals surface area contributed by atoms with Gasteiger partial charge in [-0.05, 0) is 30.7 Å². The molecule has 0 aliphatic carbocycles. The van der Waals surface area contributed by atoms with Gasteiger partial charge in [0.25, 0.3) is 0 Å². The summed E-state index contributed by atoms with van der Waals surface area (Å²) in [5.41, 5.74) is 0.769. The second-order valence-corrected chi connectivity index (χ2v) is 8.65. The fraction of sp³-hybridized carbons (Fsp3) is 0.286. The largest absolute Gasteiger partial charge is 0.497 e. The Balaban J connectivity index is 1.56. The van der Waals surface area contributed by atoms with E-state index in [4.69, 9.17) is 14.2 Å². The third-order valence-corrected chi connectivity index (χ3v) is 6.87. The zero-order chi connectivity index (χ0) is 20.4. The van der Waals surface area contributed by atoms with Crippen molar-refractivity contribution < 1.29 is 22.6 Å². The molecule has 1 aromatic heterocycles. The number of sulfonamides is 1. The summed E-state index contributed by atoms with van der Waals surface area (Å²) >= 11 is 0. The van der Waals surface area contributed by atoms with Gasteiger partial charge in [-0.25, -0.2) is 8.42 Å². The molecule has 1 atom stereocenters. The SMILES string of the molecule is COc1ccc(OC)c(S(=O)(=O)N2CCC(Oc3cccc4cccnc34)C2)c1. The highest BCUT2D eigenvalue weighted by Gasteiger charge is 2.35. The lowest BCUT2D eigenvalue weighted by Gasteiger charge is -2.19. The predicted octanol–water partition coefficient (Wildman–Crippen LogP) is 3.09. The molecule has 1 aliphatic rings. The van der Waals surface area contributed by atoms with Crippen LogP contribution in [0.2, 0.25) is 0 Å². The van der Waals surface area contributed by atoms with E-state index in [-0.39, 0.29) is 23.3 Å². The number of nitrogens with zero attached hydrogens (tertiary/aromatic N) is 2. The molecule has 0 saturated carbocycles. The quantitative estimate of drug-likeness (QED) is 0.617. The first-order valence-corrected chi connectivity index (χ1v) is 10.7. The molecule has 0 spiro atoms. The van der Waals surface area contributed by atoms with Gasteiger partial charge in [0.1, 0.15) is 33.8 Å². The first-order chi connectivity index (χ1) is 14.0. The topological polar surface area (TPSA) is 78.0 Å². The van der Waals surface area contributed by atoms with E-state index in [0.717, 1.165) is 10.9 Å². The highest BCUT2D eigenvalue weighted by atomic mass is 32.2. The smallest absolute Gasteiger partial charge is 0.247 e. The number of para-hydroxylation sites is 1. The molecular weight excluding hydrogens is 392 g/mol. The van der Waals surface area contributed by atoms with Crippen molar-refractivity contribution in [3.8, 4) is 17.2 Å². The van der Waals surface area contributed by atoms with E-state index in [9.17, 15) is 8.42 Å². The Labute approximate surface area is 169 Å². The van der Waals surface area contributed by atoms with Crippen molar-refractivity contribution in [2.24, 2.45) is 0 Å². The Morgan fingerprint density at radius 1 is 1.03 bits per heavy atom. The lowest BCUT2D eigenvalue weighted by atomic mass is 10.2. The van der Waals surface area contributed by atoms with E-state index in [1.165, 1.54) is 24.6 Å². The number of benzene rings is 2. The second kappa shape index (κ2) is 7.88. The van der Waals surface area contributed by atoms with Crippen molar-refractivity contribution in [3.05, 3.63) is 54.7 Å². The van der Waals surface area contributed by atoms with Gasteiger partial charge in [0, 0.05) is 24.2 Å². The Kier molecular flexibility index (Phi) is 5.29. The Hall–Kier alpha value is -2.84. The number of fused-ring (bicyclic) bond motifs is 1. The molecule has 29 heavy (non-hydrogen) atoms. The number of hydrogen-bond acceptors (Lipinski definition) is 6. The van der Waals surface area contributed by atoms with E-state index in [1.807, 2.05) is 30.3 Å². The minimum atomic E-state index is -3.75. The first kappa shape index (κ1) is 19.5. The molecule has 152 valence electrons. The van der Waals surface area contributed by atoms with Crippen LogP contribution in [0.1, 0.15) is 6.42 Å². The Morgan fingerprint density at radius 3 is 2.66 bits per heavy atom. The summed E-state index contributed by atoms with van der Waals surface area (Å²) in [5, 5.41) is 0.980. The van der Waals surface area contributed by atoms with E-state index in [0.29, 0.717) is 24.5 Å². The van der Waals surface area contributed by atoms with Gasteiger partial charge in [0.15, 0.2) is 0 Å². The van der Waals surface area contributed by atoms with Crippen LogP contribution < -0.4 is 14.2 Å². The van der Waals surface area contributed by atoms with E-state index in [2.05, 4.69) is 4.98 Å². The molecule has 1 aliphatic heterocycles. The van der Waals surface area contributed by atoms with Crippen molar-refractivity contribution in [1.82, 2.24) is 9.29 Å². The standard InChI is InChI=1S/C21H22N2O5S/c1-26-16-8-9-18(27-2)20(13-16)29(24,25)23-12-10-17(14-23)28-19-7-3-5-15-6-4-11-22-21(15)19/h3-9,11,13,17H,10,12,14H2,1-2H3. The van der Waals surface area contributed by atoms with Crippen LogP contribution in [0.3, 0.4) is 0 Å². The number of aromatic nitrogens is 1. The third-order valence-electron chi connectivity index (χ3n) is 4.99. The monoisotopic (exact) mass is 414 g/mol. The lowest BCUT2D eigenvalue weighted by Crippen LogP contribution is -2.31. The van der Waals surface area contributed by atoms with Crippen molar-refractivity contribution in [3.63, 3.8) is 0 Å². The summed E-state index contributed by atoms with van der Waals surface area (Å²) in [6.07, 6.45) is 2.05. The molecule has 1 unspecified atom stereocenters. The fourth-order valence-electron chi connectivity index (χ4n) is 3.49. The summed E-state index contributed by atoms with van der Waals surface area (Å²) in [4.78, 5) is 4.48. The minimum absolute atomic E-state index is 0.0897. The molecule has 4 rings (SSSR count). The Bertz CT molecular complexity index is 1130. The molecule has 1 saturated heterocycles. The van der Waals surface area contributed by atoms with Gasteiger partial charge < -0.3 is 14.2 Å². The normalized spacial score (nSPS) is 17.4. The molecule has 0 radical (unpaired) electrons. The van der Waals surface area contributed by atoms with Gasteiger partial charge >= 0.3 is 0 Å². The Morgan fingerprint density at radius 2 is 1.86 bits per heavy atom. The van der Waals surface area contributed by atoms with Crippen molar-refractivity contribution in [2.75, 3.05) is 27.3 Å². The molecule has 8 heteroatoms. The first-order valence-electron chi connectivity index (χ1n) is 9.25. The maximum atomic E-state index is 13.2. The highest BCUT2D eigenvalue weighted by Crippen LogP contribution is 2.33. The summed E-state index contributed by atoms with van der Waals surface area (Å²) in [5.74, 6) is 1.40. The maximum absolute atomic E-state index is 13.2. The van der Waals surface area contributed by atoms with Crippen LogP contribution in [0.25, 0.3) is 10.9 Å². The summed E-state index contributed by atoms with van der Waals surface area (Å²) in [6, 6.07) is 14.3. The maximum Gasteiger partial charge on any atom is 0.247 e. The molecule has 3 aromatic rings. The molecule has 0 N–H and O–H groups in total. The second-order valence-electron chi connectivity index (χ2n) is 6.74.